The van der Waals surface area contributed by atoms with Gasteiger partial charge in [0.15, 0.2) is 0 Å². The Hall–Kier alpha value is -1.92. The van der Waals surface area contributed by atoms with E-state index in [0.717, 1.165) is 5.69 Å². The average molecular weight is 348 g/mol. The number of carbonyl (C=O) groups is 2. The van der Waals surface area contributed by atoms with E-state index >= 15 is 0 Å². The van der Waals surface area contributed by atoms with Crippen LogP contribution in [0.25, 0.3) is 0 Å². The first-order valence-corrected chi connectivity index (χ1v) is 8.94. The summed E-state index contributed by atoms with van der Waals surface area (Å²) in [4.78, 5) is 25.3. The molecule has 140 valence electrons. The van der Waals surface area contributed by atoms with Crippen molar-refractivity contribution in [2.75, 3.05) is 18.4 Å². The quantitative estimate of drug-likeness (QED) is 0.518. The third-order valence-corrected chi connectivity index (χ3v) is 3.84. The highest BCUT2D eigenvalue weighted by molar-refractivity contribution is 5.97. The average Bonchev–Trinajstić information content (AvgIpc) is 2.54. The number of nitrogens with two attached hydrogens (primary N) is 1. The summed E-state index contributed by atoms with van der Waals surface area (Å²) in [5.74, 6) is 0.0108. The number of nitrogens with one attached hydrogen (secondary N) is 3. The van der Waals surface area contributed by atoms with Gasteiger partial charge in [-0.2, -0.15) is 0 Å². The summed E-state index contributed by atoms with van der Waals surface area (Å²) >= 11 is 0. The van der Waals surface area contributed by atoms with Crippen LogP contribution in [0.2, 0.25) is 0 Å². The Morgan fingerprint density at radius 3 is 2.20 bits per heavy atom. The SMILES string of the molecule is CC(C)C[C@H](NC(=O)[C@H](NCCN)C(C)C)C(=O)Nc1ccccc1. The maximum Gasteiger partial charge on any atom is 0.246 e. The third kappa shape index (κ3) is 7.67. The first-order chi connectivity index (χ1) is 11.8. The molecule has 25 heavy (non-hydrogen) atoms. The first-order valence-electron chi connectivity index (χ1n) is 8.94. The van der Waals surface area contributed by atoms with Gasteiger partial charge in [-0.15, -0.1) is 0 Å². The highest BCUT2D eigenvalue weighted by atomic mass is 16.2. The molecule has 0 radical (unpaired) electrons. The first kappa shape index (κ1) is 21.1. The van der Waals surface area contributed by atoms with E-state index in [1.165, 1.54) is 0 Å². The molecule has 0 bridgehead atoms. The van der Waals surface area contributed by atoms with Crippen LogP contribution >= 0.6 is 0 Å². The summed E-state index contributed by atoms with van der Waals surface area (Å²) in [7, 11) is 0. The van der Waals surface area contributed by atoms with E-state index in [1.54, 1.807) is 0 Å². The van der Waals surface area contributed by atoms with Gasteiger partial charge in [-0.1, -0.05) is 45.9 Å². The van der Waals surface area contributed by atoms with E-state index in [-0.39, 0.29) is 29.7 Å². The molecule has 1 aromatic carbocycles. The zero-order chi connectivity index (χ0) is 18.8. The van der Waals surface area contributed by atoms with Crippen LogP contribution in [0.4, 0.5) is 5.69 Å². The van der Waals surface area contributed by atoms with Gasteiger partial charge in [0.1, 0.15) is 6.04 Å². The maximum absolute atomic E-state index is 12.6. The fraction of sp³-hybridized carbons (Fsp3) is 0.579. The maximum atomic E-state index is 12.6. The summed E-state index contributed by atoms with van der Waals surface area (Å²) in [6, 6.07) is 8.31. The summed E-state index contributed by atoms with van der Waals surface area (Å²) in [6.45, 7) is 9.01. The number of anilines is 1. The second-order valence-corrected chi connectivity index (χ2v) is 7.01. The molecule has 5 N–H and O–H groups in total. The predicted octanol–water partition coefficient (Wildman–Crippen LogP) is 1.73. The third-order valence-electron chi connectivity index (χ3n) is 3.84. The molecule has 2 amide bonds. The van der Waals surface area contributed by atoms with Gasteiger partial charge >= 0.3 is 0 Å². The lowest BCUT2D eigenvalue weighted by molar-refractivity contribution is -0.129. The molecule has 0 aliphatic carbocycles. The number of para-hydroxylation sites is 1. The molecule has 0 aromatic heterocycles. The van der Waals surface area contributed by atoms with Crippen molar-refractivity contribution in [3.63, 3.8) is 0 Å². The highest BCUT2D eigenvalue weighted by Gasteiger charge is 2.27. The smallest absolute Gasteiger partial charge is 0.246 e. The Morgan fingerprint density at radius 2 is 1.68 bits per heavy atom. The Kier molecular flexibility index (Phi) is 9.16. The van der Waals surface area contributed by atoms with Crippen molar-refractivity contribution in [1.29, 1.82) is 0 Å². The Bertz CT molecular complexity index is 531. The van der Waals surface area contributed by atoms with E-state index in [9.17, 15) is 9.59 Å². The lowest BCUT2D eigenvalue weighted by Crippen LogP contribution is -2.54. The monoisotopic (exact) mass is 348 g/mol. The molecule has 0 aliphatic heterocycles. The molecule has 0 saturated carbocycles. The number of hydrogen-bond donors (Lipinski definition) is 4. The number of rotatable bonds is 10. The van der Waals surface area contributed by atoms with Gasteiger partial charge in [0.05, 0.1) is 6.04 Å². The summed E-state index contributed by atoms with van der Waals surface area (Å²) in [5.41, 5.74) is 6.24. The molecule has 0 saturated heterocycles. The molecule has 6 heteroatoms. The zero-order valence-electron chi connectivity index (χ0n) is 15.7. The molecule has 0 fully saturated rings. The van der Waals surface area contributed by atoms with Gasteiger partial charge in [-0.25, -0.2) is 0 Å². The van der Waals surface area contributed by atoms with Crippen molar-refractivity contribution < 1.29 is 9.59 Å². The van der Waals surface area contributed by atoms with Crippen LogP contribution in [0.3, 0.4) is 0 Å². The van der Waals surface area contributed by atoms with E-state index < -0.39 is 6.04 Å². The minimum absolute atomic E-state index is 0.100. The lowest BCUT2D eigenvalue weighted by atomic mass is 10.00. The van der Waals surface area contributed by atoms with Crippen LogP contribution in [-0.4, -0.2) is 37.0 Å². The van der Waals surface area contributed by atoms with Gasteiger partial charge in [0.2, 0.25) is 11.8 Å². The molecule has 1 rings (SSSR count). The lowest BCUT2D eigenvalue weighted by Gasteiger charge is -2.26. The van der Waals surface area contributed by atoms with Gasteiger partial charge < -0.3 is 21.7 Å². The normalized spacial score (nSPS) is 13.6. The van der Waals surface area contributed by atoms with Crippen LogP contribution in [0.5, 0.6) is 0 Å². The molecule has 0 unspecified atom stereocenters. The van der Waals surface area contributed by atoms with E-state index in [1.807, 2.05) is 58.0 Å². The molecule has 1 aromatic rings. The van der Waals surface area contributed by atoms with Crippen LogP contribution in [0.1, 0.15) is 34.1 Å². The molecule has 0 aliphatic rings. The van der Waals surface area contributed by atoms with Gasteiger partial charge in [0.25, 0.3) is 0 Å². The second kappa shape index (κ2) is 10.8. The van der Waals surface area contributed by atoms with Crippen LogP contribution < -0.4 is 21.7 Å². The van der Waals surface area contributed by atoms with Crippen molar-refractivity contribution in [2.24, 2.45) is 17.6 Å². The fourth-order valence-corrected chi connectivity index (χ4v) is 2.59. The van der Waals surface area contributed by atoms with E-state index in [4.69, 9.17) is 5.73 Å². The summed E-state index contributed by atoms with van der Waals surface area (Å²) < 4.78 is 0. The second-order valence-electron chi connectivity index (χ2n) is 7.01. The Labute approximate surface area is 150 Å². The Morgan fingerprint density at radius 1 is 1.04 bits per heavy atom. The van der Waals surface area contributed by atoms with Crippen molar-refractivity contribution in [1.82, 2.24) is 10.6 Å². The standard InChI is InChI=1S/C19H32N4O2/c1-13(2)12-16(18(24)22-15-8-6-5-7-9-15)23-19(25)17(14(3)4)21-11-10-20/h5-9,13-14,16-17,21H,10-12,20H2,1-4H3,(H,22,24)(H,23,25)/t16-,17+/m0/s1. The van der Waals surface area contributed by atoms with Gasteiger partial charge in [0, 0.05) is 18.8 Å². The van der Waals surface area contributed by atoms with Crippen molar-refractivity contribution >= 4 is 17.5 Å². The topological polar surface area (TPSA) is 96.2 Å². The van der Waals surface area contributed by atoms with E-state index in [0.29, 0.717) is 19.5 Å². The van der Waals surface area contributed by atoms with Crippen LogP contribution in [-0.2, 0) is 9.59 Å². The van der Waals surface area contributed by atoms with Crippen LogP contribution in [0, 0.1) is 11.8 Å². The predicted molar refractivity (Wildman–Crippen MR) is 102 cm³/mol. The molecular weight excluding hydrogens is 316 g/mol. The number of hydrogen-bond acceptors (Lipinski definition) is 4. The molecule has 0 spiro atoms. The van der Waals surface area contributed by atoms with Crippen molar-refractivity contribution in [2.45, 2.75) is 46.2 Å². The molecular formula is C19H32N4O2. The number of amides is 2. The van der Waals surface area contributed by atoms with Gasteiger partial charge in [-0.3, -0.25) is 9.59 Å². The molecule has 2 atom stereocenters. The number of benzene rings is 1. The fourth-order valence-electron chi connectivity index (χ4n) is 2.59. The summed E-state index contributed by atoms with van der Waals surface area (Å²) in [5, 5.41) is 8.92. The van der Waals surface area contributed by atoms with Crippen LogP contribution in [0.15, 0.2) is 30.3 Å². The summed E-state index contributed by atoms with van der Waals surface area (Å²) in [6.07, 6.45) is 0.576. The van der Waals surface area contributed by atoms with Crippen molar-refractivity contribution in [3.8, 4) is 0 Å². The van der Waals surface area contributed by atoms with Gasteiger partial charge in [-0.05, 0) is 30.4 Å². The zero-order valence-corrected chi connectivity index (χ0v) is 15.7. The largest absolute Gasteiger partial charge is 0.343 e. The van der Waals surface area contributed by atoms with E-state index in [2.05, 4.69) is 16.0 Å². The Balaban J connectivity index is 2.79. The highest BCUT2D eigenvalue weighted by Crippen LogP contribution is 2.11. The number of carbonyl (C=O) groups excluding carboxylic acids is 2. The molecule has 6 nitrogen and oxygen atoms in total. The minimum atomic E-state index is -0.575. The molecule has 0 heterocycles. The minimum Gasteiger partial charge on any atom is -0.343 e. The van der Waals surface area contributed by atoms with Crippen molar-refractivity contribution in [3.05, 3.63) is 30.3 Å².